The van der Waals surface area contributed by atoms with Crippen molar-refractivity contribution < 1.29 is 9.59 Å². The highest BCUT2D eigenvalue weighted by molar-refractivity contribution is 5.84. The van der Waals surface area contributed by atoms with Crippen molar-refractivity contribution in [2.24, 2.45) is 11.7 Å². The minimum atomic E-state index is -0.0299. The molecular weight excluding hydrogens is 254 g/mol. The lowest BCUT2D eigenvalue weighted by Gasteiger charge is -2.28. The van der Waals surface area contributed by atoms with Crippen molar-refractivity contribution in [3.05, 3.63) is 0 Å². The molecule has 2 atom stereocenters. The van der Waals surface area contributed by atoms with E-state index in [0.717, 1.165) is 38.8 Å². The second-order valence-electron chi connectivity index (χ2n) is 6.13. The van der Waals surface area contributed by atoms with Crippen LogP contribution in [0.3, 0.4) is 0 Å². The Morgan fingerprint density at radius 2 is 1.75 bits per heavy atom. The van der Waals surface area contributed by atoms with Gasteiger partial charge in [0.05, 0.1) is 6.54 Å². The fourth-order valence-electron chi connectivity index (χ4n) is 3.23. The van der Waals surface area contributed by atoms with Gasteiger partial charge >= 0.3 is 0 Å². The van der Waals surface area contributed by atoms with Crippen LogP contribution in [0.1, 0.15) is 51.4 Å². The average Bonchev–Trinajstić information content (AvgIpc) is 2.48. The van der Waals surface area contributed by atoms with E-state index >= 15 is 0 Å². The number of carbonyl (C=O) groups excluding carboxylic acids is 2. The number of amides is 2. The highest BCUT2D eigenvalue weighted by Gasteiger charge is 2.24. The molecule has 1 aliphatic carbocycles. The summed E-state index contributed by atoms with van der Waals surface area (Å²) in [5.41, 5.74) is 6.04. The first-order valence-corrected chi connectivity index (χ1v) is 7.97. The lowest BCUT2D eigenvalue weighted by Crippen LogP contribution is -2.43. The van der Waals surface area contributed by atoms with E-state index in [-0.39, 0.29) is 30.3 Å². The first kappa shape index (κ1) is 15.3. The number of hydrogen-bond donors (Lipinski definition) is 2. The quantitative estimate of drug-likeness (QED) is 0.808. The number of nitrogens with zero attached hydrogens (tertiary/aromatic N) is 1. The van der Waals surface area contributed by atoms with Gasteiger partial charge in [0.15, 0.2) is 0 Å². The van der Waals surface area contributed by atoms with Crippen LogP contribution in [0.15, 0.2) is 0 Å². The molecule has 1 saturated heterocycles. The Bertz CT molecular complexity index is 340. The number of nitrogens with one attached hydrogen (secondary N) is 1. The molecule has 5 heteroatoms. The summed E-state index contributed by atoms with van der Waals surface area (Å²) in [7, 11) is 0. The van der Waals surface area contributed by atoms with Crippen LogP contribution in [0, 0.1) is 5.92 Å². The summed E-state index contributed by atoms with van der Waals surface area (Å²) in [4.78, 5) is 25.7. The zero-order valence-electron chi connectivity index (χ0n) is 12.3. The molecule has 0 aromatic rings. The summed E-state index contributed by atoms with van der Waals surface area (Å²) in [6.07, 6.45) is 8.22. The van der Waals surface area contributed by atoms with Gasteiger partial charge in [-0.1, -0.05) is 12.8 Å². The first-order chi connectivity index (χ1) is 9.66. The molecule has 3 N–H and O–H groups in total. The number of hydrogen-bond acceptors (Lipinski definition) is 3. The Hall–Kier alpha value is -1.10. The van der Waals surface area contributed by atoms with Crippen LogP contribution in [0.4, 0.5) is 0 Å². The molecule has 2 rings (SSSR count). The fraction of sp³-hybridized carbons (Fsp3) is 0.867. The number of rotatable bonds is 4. The smallest absolute Gasteiger partial charge is 0.241 e. The van der Waals surface area contributed by atoms with Crippen LogP contribution in [-0.4, -0.2) is 42.4 Å². The Morgan fingerprint density at radius 1 is 1.05 bits per heavy atom. The Labute approximate surface area is 121 Å². The van der Waals surface area contributed by atoms with Gasteiger partial charge in [-0.25, -0.2) is 0 Å². The molecule has 0 aromatic heterocycles. The number of carbonyl (C=O) groups is 2. The molecule has 20 heavy (non-hydrogen) atoms. The molecule has 0 aromatic carbocycles. The van der Waals surface area contributed by atoms with Crippen LogP contribution >= 0.6 is 0 Å². The monoisotopic (exact) mass is 281 g/mol. The zero-order chi connectivity index (χ0) is 14.4. The lowest BCUT2D eigenvalue weighted by atomic mass is 9.83. The number of likely N-dealkylation sites (tertiary alicyclic amines) is 1. The SMILES string of the molecule is NC1CCCCC1CC(=O)NCC(=O)N1CCCCC1. The second-order valence-corrected chi connectivity index (χ2v) is 6.13. The third-order valence-corrected chi connectivity index (χ3v) is 4.56. The third kappa shape index (κ3) is 4.47. The van der Waals surface area contributed by atoms with Gasteiger partial charge in [-0.3, -0.25) is 9.59 Å². The second kappa shape index (κ2) is 7.62. The molecule has 2 unspecified atom stereocenters. The molecule has 2 fully saturated rings. The van der Waals surface area contributed by atoms with Gasteiger partial charge in [-0.05, 0) is 38.0 Å². The maximum absolute atomic E-state index is 11.9. The normalized spacial score (nSPS) is 27.1. The van der Waals surface area contributed by atoms with Crippen molar-refractivity contribution in [3.63, 3.8) is 0 Å². The summed E-state index contributed by atoms with van der Waals surface area (Å²) < 4.78 is 0. The molecule has 2 aliphatic rings. The summed E-state index contributed by atoms with van der Waals surface area (Å²) in [5.74, 6) is 0.303. The molecule has 0 radical (unpaired) electrons. The van der Waals surface area contributed by atoms with E-state index in [4.69, 9.17) is 5.73 Å². The molecular formula is C15H27N3O2. The van der Waals surface area contributed by atoms with Crippen molar-refractivity contribution in [2.75, 3.05) is 19.6 Å². The summed E-state index contributed by atoms with van der Waals surface area (Å²) in [5, 5.41) is 2.76. The molecule has 114 valence electrons. The Balaban J connectivity index is 1.67. The third-order valence-electron chi connectivity index (χ3n) is 4.56. The first-order valence-electron chi connectivity index (χ1n) is 7.97. The van der Waals surface area contributed by atoms with Crippen LogP contribution < -0.4 is 11.1 Å². The van der Waals surface area contributed by atoms with E-state index in [1.807, 2.05) is 4.90 Å². The fourth-order valence-corrected chi connectivity index (χ4v) is 3.23. The lowest BCUT2D eigenvalue weighted by molar-refractivity contribution is -0.133. The topological polar surface area (TPSA) is 75.4 Å². The van der Waals surface area contributed by atoms with E-state index in [2.05, 4.69) is 5.32 Å². The zero-order valence-corrected chi connectivity index (χ0v) is 12.3. The Morgan fingerprint density at radius 3 is 2.45 bits per heavy atom. The maximum Gasteiger partial charge on any atom is 0.241 e. The van der Waals surface area contributed by atoms with Crippen LogP contribution in [-0.2, 0) is 9.59 Å². The predicted octanol–water partition coefficient (Wildman–Crippen LogP) is 1.02. The molecule has 2 amide bonds. The molecule has 0 bridgehead atoms. The summed E-state index contributed by atoms with van der Waals surface area (Å²) in [6.45, 7) is 1.81. The molecule has 1 saturated carbocycles. The standard InChI is InChI=1S/C15H27N3O2/c16-13-7-3-2-6-12(13)10-14(19)17-11-15(20)18-8-4-1-5-9-18/h12-13H,1-11,16H2,(H,17,19). The van der Waals surface area contributed by atoms with E-state index in [1.165, 1.54) is 19.3 Å². The summed E-state index contributed by atoms with van der Waals surface area (Å²) in [6, 6.07) is 0.146. The van der Waals surface area contributed by atoms with Crippen LogP contribution in [0.2, 0.25) is 0 Å². The summed E-state index contributed by atoms with van der Waals surface area (Å²) >= 11 is 0. The number of nitrogens with two attached hydrogens (primary N) is 1. The molecule has 5 nitrogen and oxygen atoms in total. The van der Waals surface area contributed by atoms with Gasteiger partial charge in [0.2, 0.25) is 11.8 Å². The average molecular weight is 281 g/mol. The minimum absolute atomic E-state index is 0.0299. The number of piperidine rings is 1. The van der Waals surface area contributed by atoms with Crippen molar-refractivity contribution in [3.8, 4) is 0 Å². The largest absolute Gasteiger partial charge is 0.347 e. The van der Waals surface area contributed by atoms with Crippen molar-refractivity contribution in [2.45, 2.75) is 57.4 Å². The van der Waals surface area contributed by atoms with Crippen LogP contribution in [0.5, 0.6) is 0 Å². The predicted molar refractivity (Wildman–Crippen MR) is 78.0 cm³/mol. The highest BCUT2D eigenvalue weighted by Crippen LogP contribution is 2.25. The van der Waals surface area contributed by atoms with E-state index in [0.29, 0.717) is 6.42 Å². The molecule has 1 aliphatic heterocycles. The minimum Gasteiger partial charge on any atom is -0.347 e. The van der Waals surface area contributed by atoms with E-state index < -0.39 is 0 Å². The maximum atomic E-state index is 11.9. The Kier molecular flexibility index (Phi) is 5.83. The van der Waals surface area contributed by atoms with Gasteiger partial charge in [-0.15, -0.1) is 0 Å². The molecule has 0 spiro atoms. The van der Waals surface area contributed by atoms with Gasteiger partial charge in [0.1, 0.15) is 0 Å². The van der Waals surface area contributed by atoms with Gasteiger partial charge < -0.3 is 16.0 Å². The highest BCUT2D eigenvalue weighted by atomic mass is 16.2. The van der Waals surface area contributed by atoms with Gasteiger partial charge in [0, 0.05) is 25.6 Å². The van der Waals surface area contributed by atoms with Crippen molar-refractivity contribution in [1.82, 2.24) is 10.2 Å². The van der Waals surface area contributed by atoms with Gasteiger partial charge in [-0.2, -0.15) is 0 Å². The van der Waals surface area contributed by atoms with E-state index in [9.17, 15) is 9.59 Å². The van der Waals surface area contributed by atoms with Crippen molar-refractivity contribution in [1.29, 1.82) is 0 Å². The van der Waals surface area contributed by atoms with Gasteiger partial charge in [0.25, 0.3) is 0 Å². The molecule has 1 heterocycles. The van der Waals surface area contributed by atoms with E-state index in [1.54, 1.807) is 0 Å². The van der Waals surface area contributed by atoms with Crippen LogP contribution in [0.25, 0.3) is 0 Å². The van der Waals surface area contributed by atoms with Crippen molar-refractivity contribution >= 4 is 11.8 Å².